The van der Waals surface area contributed by atoms with Gasteiger partial charge in [0, 0.05) is 10.6 Å². The third kappa shape index (κ3) is 4.77. The number of benzene rings is 1. The molecule has 0 aliphatic carbocycles. The quantitative estimate of drug-likeness (QED) is 0.746. The summed E-state index contributed by atoms with van der Waals surface area (Å²) in [4.78, 5) is 24.1. The Kier molecular flexibility index (Phi) is 5.44. The lowest BCUT2D eigenvalue weighted by Gasteiger charge is -2.27. The number of rotatable bonds is 4. The highest BCUT2D eigenvalue weighted by molar-refractivity contribution is 7.98. The van der Waals surface area contributed by atoms with Crippen LogP contribution in [-0.2, 0) is 4.79 Å². The first-order chi connectivity index (χ1) is 9.24. The molecule has 3 N–H and O–H groups in total. The Morgan fingerprint density at radius 3 is 2.45 bits per heavy atom. The molecule has 0 saturated carbocycles. The summed E-state index contributed by atoms with van der Waals surface area (Å²) in [5, 5.41) is 14.3. The van der Waals surface area contributed by atoms with Gasteiger partial charge in [0.25, 0.3) is 0 Å². The number of carbonyl (C=O) groups excluding carboxylic acids is 1. The van der Waals surface area contributed by atoms with Gasteiger partial charge in [-0.1, -0.05) is 26.8 Å². The third-order valence-electron chi connectivity index (χ3n) is 2.72. The molecule has 0 fully saturated rings. The van der Waals surface area contributed by atoms with E-state index < -0.39 is 23.5 Å². The second-order valence-electron chi connectivity index (χ2n) is 5.47. The average Bonchev–Trinajstić information content (AvgIpc) is 2.34. The van der Waals surface area contributed by atoms with Gasteiger partial charge in [0.1, 0.15) is 6.04 Å². The second kappa shape index (κ2) is 6.65. The molecule has 1 rings (SSSR count). The van der Waals surface area contributed by atoms with Gasteiger partial charge < -0.3 is 15.7 Å². The highest BCUT2D eigenvalue weighted by atomic mass is 32.2. The van der Waals surface area contributed by atoms with Gasteiger partial charge in [-0.25, -0.2) is 9.59 Å². The Hall–Kier alpha value is -1.69. The molecule has 0 bridgehead atoms. The Morgan fingerprint density at radius 1 is 1.30 bits per heavy atom. The van der Waals surface area contributed by atoms with Crippen LogP contribution < -0.4 is 10.6 Å². The summed E-state index contributed by atoms with van der Waals surface area (Å²) in [6.07, 6.45) is 1.94. The zero-order valence-electron chi connectivity index (χ0n) is 12.1. The van der Waals surface area contributed by atoms with E-state index in [0.29, 0.717) is 5.69 Å². The summed E-state index contributed by atoms with van der Waals surface area (Å²) in [6.45, 7) is 5.29. The molecule has 20 heavy (non-hydrogen) atoms. The molecule has 0 spiro atoms. The van der Waals surface area contributed by atoms with Crippen LogP contribution in [0.4, 0.5) is 10.5 Å². The summed E-state index contributed by atoms with van der Waals surface area (Å²) in [5.41, 5.74) is 0.0667. The molecule has 1 aromatic carbocycles. The summed E-state index contributed by atoms with van der Waals surface area (Å²) in [6, 6.07) is 5.88. The zero-order valence-corrected chi connectivity index (χ0v) is 12.9. The van der Waals surface area contributed by atoms with Crippen LogP contribution in [0.2, 0.25) is 0 Å². The van der Waals surface area contributed by atoms with Crippen molar-refractivity contribution in [1.29, 1.82) is 0 Å². The van der Waals surface area contributed by atoms with E-state index in [2.05, 4.69) is 10.6 Å². The molecular weight excluding hydrogens is 276 g/mol. The highest BCUT2D eigenvalue weighted by Gasteiger charge is 2.32. The Balaban J connectivity index is 2.73. The summed E-state index contributed by atoms with van der Waals surface area (Å²) in [5.74, 6) is -1.05. The van der Waals surface area contributed by atoms with Crippen LogP contribution in [-0.4, -0.2) is 29.4 Å². The van der Waals surface area contributed by atoms with Crippen LogP contribution in [0.5, 0.6) is 0 Å². The summed E-state index contributed by atoms with van der Waals surface area (Å²) >= 11 is 1.57. The van der Waals surface area contributed by atoms with Crippen LogP contribution in [0.25, 0.3) is 0 Å². The number of urea groups is 1. The second-order valence-corrected chi connectivity index (χ2v) is 6.35. The van der Waals surface area contributed by atoms with Crippen LogP contribution in [0.3, 0.4) is 0 Å². The summed E-state index contributed by atoms with van der Waals surface area (Å²) < 4.78 is 0. The fourth-order valence-corrected chi connectivity index (χ4v) is 2.11. The average molecular weight is 296 g/mol. The lowest BCUT2D eigenvalue weighted by atomic mass is 9.87. The van der Waals surface area contributed by atoms with E-state index >= 15 is 0 Å². The molecular formula is C14H20N2O3S. The van der Waals surface area contributed by atoms with E-state index in [0.717, 1.165) is 4.90 Å². The van der Waals surface area contributed by atoms with Crippen LogP contribution in [0.15, 0.2) is 29.2 Å². The van der Waals surface area contributed by atoms with Crippen molar-refractivity contribution in [2.24, 2.45) is 5.41 Å². The number of carboxylic acids is 1. The third-order valence-corrected chi connectivity index (χ3v) is 3.44. The van der Waals surface area contributed by atoms with Gasteiger partial charge in [-0.2, -0.15) is 0 Å². The standard InChI is InChI=1S/C14H20N2O3S/c1-14(2,3)11(12(17)18)16-13(19)15-9-6-5-7-10(8-9)20-4/h5-8,11H,1-4H3,(H,17,18)(H2,15,16,19)/t11-/m0/s1. The number of amides is 2. The number of carbonyl (C=O) groups is 2. The molecule has 110 valence electrons. The fourth-order valence-electron chi connectivity index (χ4n) is 1.65. The van der Waals surface area contributed by atoms with Gasteiger partial charge in [-0.15, -0.1) is 11.8 Å². The van der Waals surface area contributed by atoms with Crippen LogP contribution >= 0.6 is 11.8 Å². The van der Waals surface area contributed by atoms with E-state index in [1.165, 1.54) is 0 Å². The fraction of sp³-hybridized carbons (Fsp3) is 0.429. The predicted octanol–water partition coefficient (Wildman–Crippen LogP) is 3.03. The maximum atomic E-state index is 11.9. The van der Waals surface area contributed by atoms with Crippen molar-refractivity contribution in [3.8, 4) is 0 Å². The number of hydrogen-bond acceptors (Lipinski definition) is 3. The van der Waals surface area contributed by atoms with Crippen molar-refractivity contribution >= 4 is 29.4 Å². The van der Waals surface area contributed by atoms with E-state index in [1.807, 2.05) is 24.5 Å². The SMILES string of the molecule is CSc1cccc(NC(=O)N[C@@H](C(=O)O)C(C)(C)C)c1. The highest BCUT2D eigenvalue weighted by Crippen LogP contribution is 2.21. The molecule has 1 atom stereocenters. The monoisotopic (exact) mass is 296 g/mol. The van der Waals surface area contributed by atoms with E-state index in [1.54, 1.807) is 38.6 Å². The minimum Gasteiger partial charge on any atom is -0.480 e. The number of nitrogens with one attached hydrogen (secondary N) is 2. The smallest absolute Gasteiger partial charge is 0.326 e. The first-order valence-corrected chi connectivity index (χ1v) is 7.41. The normalized spacial score (nSPS) is 12.6. The number of carboxylic acid groups (broad SMARTS) is 1. The topological polar surface area (TPSA) is 78.4 Å². The Morgan fingerprint density at radius 2 is 1.95 bits per heavy atom. The molecule has 0 aliphatic heterocycles. The van der Waals surface area contributed by atoms with E-state index in [-0.39, 0.29) is 0 Å². The van der Waals surface area contributed by atoms with Crippen molar-refractivity contribution in [3.63, 3.8) is 0 Å². The Bertz CT molecular complexity index is 497. The molecule has 1 aromatic rings. The lowest BCUT2D eigenvalue weighted by molar-refractivity contribution is -0.141. The number of thioether (sulfide) groups is 1. The van der Waals surface area contributed by atoms with Crippen molar-refractivity contribution in [2.45, 2.75) is 31.7 Å². The first kappa shape index (κ1) is 16.4. The van der Waals surface area contributed by atoms with Gasteiger partial charge in [-0.3, -0.25) is 0 Å². The summed E-state index contributed by atoms with van der Waals surface area (Å²) in [7, 11) is 0. The molecule has 2 amide bonds. The molecule has 0 radical (unpaired) electrons. The maximum Gasteiger partial charge on any atom is 0.326 e. The maximum absolute atomic E-state index is 11.9. The van der Waals surface area contributed by atoms with Crippen molar-refractivity contribution in [1.82, 2.24) is 5.32 Å². The predicted molar refractivity (Wildman–Crippen MR) is 81.3 cm³/mol. The van der Waals surface area contributed by atoms with Gasteiger partial charge in [0.05, 0.1) is 0 Å². The Labute approximate surface area is 123 Å². The van der Waals surface area contributed by atoms with Gasteiger partial charge in [0.15, 0.2) is 0 Å². The molecule has 0 heterocycles. The van der Waals surface area contributed by atoms with Gasteiger partial charge in [-0.05, 0) is 29.9 Å². The molecule has 0 saturated heterocycles. The molecule has 0 aromatic heterocycles. The molecule has 0 unspecified atom stereocenters. The van der Waals surface area contributed by atoms with Crippen LogP contribution in [0.1, 0.15) is 20.8 Å². The molecule has 0 aliphatic rings. The zero-order chi connectivity index (χ0) is 15.3. The van der Waals surface area contributed by atoms with Crippen molar-refractivity contribution < 1.29 is 14.7 Å². The first-order valence-electron chi connectivity index (χ1n) is 6.18. The minimum absolute atomic E-state index is 0.523. The number of anilines is 1. The van der Waals surface area contributed by atoms with Crippen LogP contribution in [0, 0.1) is 5.41 Å². The van der Waals surface area contributed by atoms with E-state index in [9.17, 15) is 9.59 Å². The minimum atomic E-state index is -1.05. The molecule has 5 nitrogen and oxygen atoms in total. The number of hydrogen-bond donors (Lipinski definition) is 3. The molecule has 6 heteroatoms. The van der Waals surface area contributed by atoms with Crippen molar-refractivity contribution in [3.05, 3.63) is 24.3 Å². The van der Waals surface area contributed by atoms with Crippen molar-refractivity contribution in [2.75, 3.05) is 11.6 Å². The lowest BCUT2D eigenvalue weighted by Crippen LogP contribution is -2.50. The van der Waals surface area contributed by atoms with Gasteiger partial charge >= 0.3 is 12.0 Å². The van der Waals surface area contributed by atoms with E-state index in [4.69, 9.17) is 5.11 Å². The largest absolute Gasteiger partial charge is 0.480 e. The van der Waals surface area contributed by atoms with Gasteiger partial charge in [0.2, 0.25) is 0 Å². The number of aliphatic carboxylic acids is 1.